The lowest BCUT2D eigenvalue weighted by Gasteiger charge is -2.11. The molecule has 25 heavy (non-hydrogen) atoms. The van der Waals surface area contributed by atoms with E-state index in [9.17, 15) is 4.79 Å². The van der Waals surface area contributed by atoms with Gasteiger partial charge in [-0.3, -0.25) is 4.79 Å². The van der Waals surface area contributed by atoms with Crippen molar-refractivity contribution in [2.45, 2.75) is 0 Å². The van der Waals surface area contributed by atoms with Gasteiger partial charge in [-0.1, -0.05) is 0 Å². The van der Waals surface area contributed by atoms with Crippen LogP contribution in [0, 0.1) is 0 Å². The van der Waals surface area contributed by atoms with Crippen LogP contribution >= 0.6 is 0 Å². The molecule has 6 nitrogen and oxygen atoms in total. The summed E-state index contributed by atoms with van der Waals surface area (Å²) in [6.45, 7) is 0. The summed E-state index contributed by atoms with van der Waals surface area (Å²) in [5, 5.41) is 3.81. The maximum absolute atomic E-state index is 12.1. The van der Waals surface area contributed by atoms with E-state index in [0.717, 1.165) is 22.2 Å². The van der Waals surface area contributed by atoms with Gasteiger partial charge in [-0.05, 0) is 36.4 Å². The van der Waals surface area contributed by atoms with Crippen molar-refractivity contribution >= 4 is 22.6 Å². The molecular formula is C19H15N3O3. The highest BCUT2D eigenvalue weighted by Gasteiger charge is 2.12. The van der Waals surface area contributed by atoms with E-state index in [1.807, 2.05) is 30.5 Å². The number of pyridine rings is 1. The molecule has 2 N–H and O–H groups in total. The second kappa shape index (κ2) is 6.16. The first-order valence-corrected chi connectivity index (χ1v) is 7.71. The number of hydrogen-bond acceptors (Lipinski definition) is 4. The fourth-order valence-electron chi connectivity index (χ4n) is 2.70. The molecule has 3 aromatic heterocycles. The molecule has 0 fully saturated rings. The van der Waals surface area contributed by atoms with Crippen molar-refractivity contribution in [3.63, 3.8) is 0 Å². The number of hydrogen-bond donors (Lipinski definition) is 2. The van der Waals surface area contributed by atoms with Gasteiger partial charge in [-0.25, -0.2) is 4.98 Å². The lowest BCUT2D eigenvalue weighted by Crippen LogP contribution is -2.10. The summed E-state index contributed by atoms with van der Waals surface area (Å²) >= 11 is 0. The number of furan rings is 1. The maximum atomic E-state index is 12.1. The number of aromatic amines is 1. The number of aromatic nitrogens is 2. The average Bonchev–Trinajstić information content (AvgIpc) is 3.32. The van der Waals surface area contributed by atoms with E-state index in [1.165, 1.54) is 6.26 Å². The number of nitrogens with one attached hydrogen (secondary N) is 2. The van der Waals surface area contributed by atoms with Crippen LogP contribution < -0.4 is 10.1 Å². The molecule has 0 bridgehead atoms. The van der Waals surface area contributed by atoms with Crippen LogP contribution in [0.5, 0.6) is 5.75 Å². The number of carbonyl (C=O) groups is 1. The smallest absolute Gasteiger partial charge is 0.291 e. The van der Waals surface area contributed by atoms with Crippen molar-refractivity contribution in [3.05, 3.63) is 66.9 Å². The fraction of sp³-hybridized carbons (Fsp3) is 0.0526. The summed E-state index contributed by atoms with van der Waals surface area (Å²) < 4.78 is 10.6. The van der Waals surface area contributed by atoms with E-state index in [-0.39, 0.29) is 11.7 Å². The Labute approximate surface area is 143 Å². The molecule has 0 saturated heterocycles. The molecule has 0 atom stereocenters. The predicted molar refractivity (Wildman–Crippen MR) is 94.7 cm³/mol. The van der Waals surface area contributed by atoms with Gasteiger partial charge in [-0.2, -0.15) is 0 Å². The van der Waals surface area contributed by atoms with E-state index in [2.05, 4.69) is 15.3 Å². The summed E-state index contributed by atoms with van der Waals surface area (Å²) in [6.07, 6.45) is 5.10. The molecule has 0 aliphatic rings. The van der Waals surface area contributed by atoms with Crippen LogP contribution in [0.2, 0.25) is 0 Å². The number of carbonyl (C=O) groups excluding carboxylic acids is 1. The van der Waals surface area contributed by atoms with Gasteiger partial charge in [0.05, 0.1) is 13.4 Å². The Kier molecular flexibility index (Phi) is 3.70. The third-order valence-corrected chi connectivity index (χ3v) is 3.92. The number of methoxy groups -OCH3 is 1. The lowest BCUT2D eigenvalue weighted by molar-refractivity contribution is 0.0996. The zero-order valence-corrected chi connectivity index (χ0v) is 13.4. The Hall–Kier alpha value is -3.54. The molecule has 6 heteroatoms. The van der Waals surface area contributed by atoms with Crippen LogP contribution in [-0.4, -0.2) is 23.0 Å². The third kappa shape index (κ3) is 2.85. The van der Waals surface area contributed by atoms with Gasteiger partial charge in [0.25, 0.3) is 5.91 Å². The molecule has 3 heterocycles. The Morgan fingerprint density at radius 1 is 1.24 bits per heavy atom. The standard InChI is InChI=1S/C19H15N3O3/c1-24-17-10-14(22-19(23)16-3-2-8-25-16)4-5-15(17)13-9-12-6-7-20-18(12)21-11-13/h2-11H,1H3,(H,20,21)(H,22,23). The van der Waals surface area contributed by atoms with Crippen molar-refractivity contribution in [2.24, 2.45) is 0 Å². The molecule has 0 unspecified atom stereocenters. The SMILES string of the molecule is COc1cc(NC(=O)c2ccco2)ccc1-c1cnc2[nH]ccc2c1. The highest BCUT2D eigenvalue weighted by molar-refractivity contribution is 6.02. The normalized spacial score (nSPS) is 10.8. The topological polar surface area (TPSA) is 80.2 Å². The zero-order valence-electron chi connectivity index (χ0n) is 13.4. The predicted octanol–water partition coefficient (Wildman–Crippen LogP) is 4.08. The van der Waals surface area contributed by atoms with Crippen LogP contribution in [0.15, 0.2) is 65.5 Å². The number of nitrogens with zero attached hydrogens (tertiary/aromatic N) is 1. The highest BCUT2D eigenvalue weighted by atomic mass is 16.5. The van der Waals surface area contributed by atoms with E-state index >= 15 is 0 Å². The number of benzene rings is 1. The van der Waals surface area contributed by atoms with Crippen molar-refractivity contribution in [3.8, 4) is 16.9 Å². The molecule has 124 valence electrons. The minimum absolute atomic E-state index is 0.255. The number of H-pyrrole nitrogens is 1. The fourth-order valence-corrected chi connectivity index (χ4v) is 2.70. The summed E-state index contributed by atoms with van der Waals surface area (Å²) in [4.78, 5) is 19.6. The number of anilines is 1. The molecule has 0 spiro atoms. The second-order valence-electron chi connectivity index (χ2n) is 5.49. The molecule has 0 saturated carbocycles. The molecule has 0 aliphatic carbocycles. The molecule has 4 rings (SSSR count). The van der Waals surface area contributed by atoms with Gasteiger partial charge in [0.1, 0.15) is 11.4 Å². The first-order chi connectivity index (χ1) is 12.2. The quantitative estimate of drug-likeness (QED) is 0.589. The molecule has 1 amide bonds. The first-order valence-electron chi connectivity index (χ1n) is 7.71. The van der Waals surface area contributed by atoms with Crippen molar-refractivity contribution in [1.82, 2.24) is 9.97 Å². The zero-order chi connectivity index (χ0) is 17.2. The Balaban J connectivity index is 1.66. The maximum Gasteiger partial charge on any atom is 0.291 e. The van der Waals surface area contributed by atoms with Crippen LogP contribution in [0.25, 0.3) is 22.2 Å². The Bertz CT molecular complexity index is 1040. The monoisotopic (exact) mass is 333 g/mol. The Morgan fingerprint density at radius 3 is 2.96 bits per heavy atom. The summed E-state index contributed by atoms with van der Waals surface area (Å²) in [6, 6.07) is 12.8. The first kappa shape index (κ1) is 15.0. The summed E-state index contributed by atoms with van der Waals surface area (Å²) in [7, 11) is 1.60. The van der Waals surface area contributed by atoms with E-state index in [0.29, 0.717) is 11.4 Å². The van der Waals surface area contributed by atoms with Crippen LogP contribution in [0.4, 0.5) is 5.69 Å². The Morgan fingerprint density at radius 2 is 2.16 bits per heavy atom. The molecule has 0 aliphatic heterocycles. The van der Waals surface area contributed by atoms with Gasteiger partial charge in [-0.15, -0.1) is 0 Å². The number of fused-ring (bicyclic) bond motifs is 1. The van der Waals surface area contributed by atoms with Crippen molar-refractivity contribution in [2.75, 3.05) is 12.4 Å². The average molecular weight is 333 g/mol. The van der Waals surface area contributed by atoms with Gasteiger partial charge >= 0.3 is 0 Å². The van der Waals surface area contributed by atoms with Gasteiger partial charge in [0.2, 0.25) is 0 Å². The number of ether oxygens (including phenoxy) is 1. The molecule has 1 aromatic carbocycles. The third-order valence-electron chi connectivity index (χ3n) is 3.92. The van der Waals surface area contributed by atoms with Gasteiger partial charge in [0.15, 0.2) is 5.76 Å². The van der Waals surface area contributed by atoms with E-state index in [1.54, 1.807) is 31.5 Å². The molecule has 0 radical (unpaired) electrons. The van der Waals surface area contributed by atoms with E-state index in [4.69, 9.17) is 9.15 Å². The largest absolute Gasteiger partial charge is 0.496 e. The lowest BCUT2D eigenvalue weighted by atomic mass is 10.0. The van der Waals surface area contributed by atoms with Crippen LogP contribution in [-0.2, 0) is 0 Å². The highest BCUT2D eigenvalue weighted by Crippen LogP contribution is 2.33. The van der Waals surface area contributed by atoms with Crippen molar-refractivity contribution < 1.29 is 13.9 Å². The second-order valence-corrected chi connectivity index (χ2v) is 5.49. The van der Waals surface area contributed by atoms with Crippen molar-refractivity contribution in [1.29, 1.82) is 0 Å². The van der Waals surface area contributed by atoms with E-state index < -0.39 is 0 Å². The number of rotatable bonds is 4. The molecule has 4 aromatic rings. The molecular weight excluding hydrogens is 318 g/mol. The van der Waals surface area contributed by atoms with Gasteiger partial charge in [0, 0.05) is 40.7 Å². The van der Waals surface area contributed by atoms with Crippen LogP contribution in [0.3, 0.4) is 0 Å². The van der Waals surface area contributed by atoms with Crippen LogP contribution in [0.1, 0.15) is 10.6 Å². The summed E-state index contributed by atoms with van der Waals surface area (Å²) in [5.74, 6) is 0.592. The summed E-state index contributed by atoms with van der Waals surface area (Å²) in [5.41, 5.74) is 3.30. The number of amides is 1. The minimum Gasteiger partial charge on any atom is -0.496 e. The minimum atomic E-state index is -0.310. The van der Waals surface area contributed by atoms with Gasteiger partial charge < -0.3 is 19.5 Å².